The summed E-state index contributed by atoms with van der Waals surface area (Å²) >= 11 is 12.6. The number of nitrogens with zero attached hydrogens (tertiary/aromatic N) is 3. The third-order valence-electron chi connectivity index (χ3n) is 5.20. The summed E-state index contributed by atoms with van der Waals surface area (Å²) < 4.78 is 5.14. The molecule has 2 heterocycles. The monoisotopic (exact) mass is 460 g/mol. The van der Waals surface area contributed by atoms with Crippen LogP contribution in [0.5, 0.6) is 0 Å². The largest absolute Gasteiger partial charge is 0.385 e. The number of nitro benzene ring substituents is 1. The predicted octanol–water partition coefficient (Wildman–Crippen LogP) is 4.87. The first-order valence-electron chi connectivity index (χ1n) is 9.50. The molecular formula is C21H18Cl2N4O4. The van der Waals surface area contributed by atoms with Crippen molar-refractivity contribution in [1.82, 2.24) is 15.1 Å². The number of aromatic amines is 1. The number of carbonyl (C=O) groups excluding carboxylic acids is 1. The van der Waals surface area contributed by atoms with Crippen LogP contribution in [0, 0.1) is 10.1 Å². The number of methoxy groups -OCH3 is 1. The highest BCUT2D eigenvalue weighted by atomic mass is 35.5. The van der Waals surface area contributed by atoms with Crippen LogP contribution in [0.2, 0.25) is 10.0 Å². The van der Waals surface area contributed by atoms with Crippen LogP contribution in [0.1, 0.15) is 34.1 Å². The fraction of sp³-hybridized carbons (Fsp3) is 0.238. The quantitative estimate of drug-likeness (QED) is 0.307. The summed E-state index contributed by atoms with van der Waals surface area (Å²) in [6, 6.07) is 10.8. The van der Waals surface area contributed by atoms with Gasteiger partial charge in [-0.2, -0.15) is 5.10 Å². The number of H-pyrrole nitrogens is 1. The zero-order chi connectivity index (χ0) is 22.1. The summed E-state index contributed by atoms with van der Waals surface area (Å²) in [6.45, 7) is 0.933. The number of rotatable bonds is 7. The average Bonchev–Trinajstić information content (AvgIpc) is 3.28. The van der Waals surface area contributed by atoms with Gasteiger partial charge in [0.2, 0.25) is 0 Å². The highest BCUT2D eigenvalue weighted by Gasteiger charge is 2.42. The van der Waals surface area contributed by atoms with E-state index in [0.29, 0.717) is 57.7 Å². The molecular weight excluding hydrogens is 443 g/mol. The van der Waals surface area contributed by atoms with Gasteiger partial charge in [-0.05, 0) is 24.1 Å². The molecule has 4 rings (SSSR count). The number of benzene rings is 2. The second kappa shape index (κ2) is 8.66. The molecule has 160 valence electrons. The van der Waals surface area contributed by atoms with Crippen molar-refractivity contribution < 1.29 is 14.5 Å². The fourth-order valence-corrected chi connectivity index (χ4v) is 4.35. The minimum absolute atomic E-state index is 0.0587. The summed E-state index contributed by atoms with van der Waals surface area (Å²) in [5.41, 5.74) is 2.62. The minimum atomic E-state index is -0.517. The summed E-state index contributed by atoms with van der Waals surface area (Å²) in [4.78, 5) is 25.7. The van der Waals surface area contributed by atoms with Crippen LogP contribution in [0.25, 0.3) is 11.3 Å². The molecule has 2 aromatic carbocycles. The average molecular weight is 461 g/mol. The van der Waals surface area contributed by atoms with Crippen molar-refractivity contribution in [3.05, 3.63) is 79.4 Å². The van der Waals surface area contributed by atoms with E-state index in [-0.39, 0.29) is 11.6 Å². The molecule has 1 aliphatic rings. The van der Waals surface area contributed by atoms with E-state index in [1.165, 1.54) is 12.1 Å². The lowest BCUT2D eigenvalue weighted by Gasteiger charge is -2.27. The van der Waals surface area contributed by atoms with E-state index in [1.54, 1.807) is 42.3 Å². The lowest BCUT2D eigenvalue weighted by molar-refractivity contribution is -0.384. The van der Waals surface area contributed by atoms with Crippen LogP contribution in [-0.2, 0) is 4.74 Å². The van der Waals surface area contributed by atoms with Gasteiger partial charge in [0, 0.05) is 53.6 Å². The molecule has 1 amide bonds. The van der Waals surface area contributed by atoms with Crippen LogP contribution in [0.15, 0.2) is 42.5 Å². The Morgan fingerprint density at radius 2 is 2.06 bits per heavy atom. The van der Waals surface area contributed by atoms with Crippen molar-refractivity contribution in [1.29, 1.82) is 0 Å². The van der Waals surface area contributed by atoms with Crippen molar-refractivity contribution in [2.45, 2.75) is 12.5 Å². The van der Waals surface area contributed by atoms with Crippen LogP contribution < -0.4 is 0 Å². The smallest absolute Gasteiger partial charge is 0.273 e. The zero-order valence-corrected chi connectivity index (χ0v) is 18.0. The molecule has 1 aliphatic heterocycles. The number of aromatic nitrogens is 2. The van der Waals surface area contributed by atoms with Gasteiger partial charge in [-0.1, -0.05) is 41.4 Å². The van der Waals surface area contributed by atoms with E-state index >= 15 is 0 Å². The third-order valence-corrected chi connectivity index (χ3v) is 5.76. The van der Waals surface area contributed by atoms with E-state index in [0.717, 1.165) is 0 Å². The maximum atomic E-state index is 13.2. The van der Waals surface area contributed by atoms with E-state index < -0.39 is 11.0 Å². The molecule has 3 aromatic rings. The predicted molar refractivity (Wildman–Crippen MR) is 117 cm³/mol. The molecule has 0 radical (unpaired) electrons. The molecule has 0 saturated carbocycles. The molecule has 0 spiro atoms. The normalized spacial score (nSPS) is 15.4. The van der Waals surface area contributed by atoms with Gasteiger partial charge < -0.3 is 9.64 Å². The summed E-state index contributed by atoms with van der Waals surface area (Å²) in [7, 11) is 1.60. The Morgan fingerprint density at radius 1 is 1.26 bits per heavy atom. The maximum Gasteiger partial charge on any atom is 0.273 e. The summed E-state index contributed by atoms with van der Waals surface area (Å²) in [5, 5.41) is 19.3. The molecule has 0 bridgehead atoms. The lowest BCUT2D eigenvalue weighted by Crippen LogP contribution is -2.31. The highest BCUT2D eigenvalue weighted by Crippen LogP contribution is 2.45. The third kappa shape index (κ3) is 3.89. The van der Waals surface area contributed by atoms with Gasteiger partial charge in [-0.25, -0.2) is 0 Å². The van der Waals surface area contributed by atoms with Gasteiger partial charge in [-0.15, -0.1) is 0 Å². The minimum Gasteiger partial charge on any atom is -0.385 e. The summed E-state index contributed by atoms with van der Waals surface area (Å²) in [5.74, 6) is -0.216. The first-order chi connectivity index (χ1) is 14.9. The Kier molecular flexibility index (Phi) is 5.95. The lowest BCUT2D eigenvalue weighted by atomic mass is 9.95. The van der Waals surface area contributed by atoms with Crippen molar-refractivity contribution in [3.8, 4) is 11.3 Å². The number of non-ortho nitro benzene ring substituents is 1. The molecule has 8 nitrogen and oxygen atoms in total. The number of ether oxygens (including phenoxy) is 1. The van der Waals surface area contributed by atoms with Gasteiger partial charge in [0.15, 0.2) is 0 Å². The Bertz CT molecular complexity index is 1160. The molecule has 0 fully saturated rings. The van der Waals surface area contributed by atoms with Crippen LogP contribution >= 0.6 is 23.2 Å². The Labute approximate surface area is 187 Å². The second-order valence-electron chi connectivity index (χ2n) is 7.08. The summed E-state index contributed by atoms with van der Waals surface area (Å²) in [6.07, 6.45) is 0.633. The molecule has 1 aromatic heterocycles. The van der Waals surface area contributed by atoms with E-state index in [1.807, 2.05) is 0 Å². The number of nitro groups is 1. The number of fused-ring (bicyclic) bond motifs is 1. The van der Waals surface area contributed by atoms with Crippen LogP contribution in [0.4, 0.5) is 5.69 Å². The Morgan fingerprint density at radius 3 is 2.77 bits per heavy atom. The van der Waals surface area contributed by atoms with Gasteiger partial charge >= 0.3 is 0 Å². The van der Waals surface area contributed by atoms with Crippen molar-refractivity contribution in [2.75, 3.05) is 20.3 Å². The zero-order valence-electron chi connectivity index (χ0n) is 16.5. The van der Waals surface area contributed by atoms with Crippen molar-refractivity contribution >= 4 is 34.8 Å². The Balaban J connectivity index is 1.86. The first kappa shape index (κ1) is 21.3. The van der Waals surface area contributed by atoms with Gasteiger partial charge in [0.05, 0.1) is 16.7 Å². The number of amides is 1. The van der Waals surface area contributed by atoms with E-state index in [9.17, 15) is 14.9 Å². The van der Waals surface area contributed by atoms with Crippen molar-refractivity contribution in [3.63, 3.8) is 0 Å². The maximum absolute atomic E-state index is 13.2. The molecule has 1 unspecified atom stereocenters. The first-order valence-corrected chi connectivity index (χ1v) is 10.3. The topological polar surface area (TPSA) is 101 Å². The number of halogens is 2. The van der Waals surface area contributed by atoms with Gasteiger partial charge in [0.1, 0.15) is 5.69 Å². The molecule has 0 aliphatic carbocycles. The molecule has 1 N–H and O–H groups in total. The van der Waals surface area contributed by atoms with Gasteiger partial charge in [0.25, 0.3) is 11.6 Å². The number of hydrogen-bond acceptors (Lipinski definition) is 5. The standard InChI is InChI=1S/C21H18Cl2N4O4/c1-31-9-3-8-26-20(15-7-6-13(22)11-16(15)23)17-18(24-25-19(17)21(26)28)12-4-2-5-14(10-12)27(29)30/h2,4-7,10-11,20H,3,8-9H2,1H3,(H,24,25). The fourth-order valence-electron chi connectivity index (χ4n) is 3.84. The SMILES string of the molecule is COCCCN1C(=O)c2[nH]nc(-c3cccc([N+](=O)[O-])c3)c2C1c1ccc(Cl)cc1Cl. The highest BCUT2D eigenvalue weighted by molar-refractivity contribution is 6.35. The molecule has 0 saturated heterocycles. The molecule has 1 atom stereocenters. The van der Waals surface area contributed by atoms with Crippen LogP contribution in [0.3, 0.4) is 0 Å². The second-order valence-corrected chi connectivity index (χ2v) is 7.93. The molecule has 10 heteroatoms. The van der Waals surface area contributed by atoms with Crippen molar-refractivity contribution in [2.24, 2.45) is 0 Å². The Hall–Kier alpha value is -2.94. The number of nitrogens with one attached hydrogen (secondary N) is 1. The number of carbonyl (C=O) groups is 1. The molecule has 31 heavy (non-hydrogen) atoms. The number of hydrogen-bond donors (Lipinski definition) is 1. The van der Waals surface area contributed by atoms with E-state index in [2.05, 4.69) is 10.2 Å². The van der Waals surface area contributed by atoms with E-state index in [4.69, 9.17) is 27.9 Å². The van der Waals surface area contributed by atoms with Crippen LogP contribution in [-0.4, -0.2) is 46.2 Å². The van der Waals surface area contributed by atoms with Gasteiger partial charge in [-0.3, -0.25) is 20.0 Å².